The normalized spacial score (nSPS) is 12.0. The van der Waals surface area contributed by atoms with Gasteiger partial charge in [0.15, 0.2) is 19.7 Å². The van der Waals surface area contributed by atoms with Crippen LogP contribution in [-0.2, 0) is 40.8 Å². The highest BCUT2D eigenvalue weighted by Gasteiger charge is 2.16. The molecule has 0 aromatic heterocycles. The van der Waals surface area contributed by atoms with Crippen molar-refractivity contribution in [2.75, 3.05) is 11.5 Å². The Morgan fingerprint density at radius 3 is 1.25 bits per heavy atom. The molecule has 0 bridgehead atoms. The fourth-order valence-electron chi connectivity index (χ4n) is 1.87. The van der Waals surface area contributed by atoms with Gasteiger partial charge in [-0.15, -0.1) is 0 Å². The molecule has 0 aliphatic carbocycles. The number of hydrogen-bond donors (Lipinski definition) is 2. The van der Waals surface area contributed by atoms with Crippen molar-refractivity contribution in [3.8, 4) is 0 Å². The summed E-state index contributed by atoms with van der Waals surface area (Å²) in [6.07, 6.45) is -0.940. The number of hydrogen-bond acceptors (Lipinski definition) is 6. The van der Waals surface area contributed by atoms with Crippen molar-refractivity contribution in [2.45, 2.75) is 24.3 Å². The fourth-order valence-corrected chi connectivity index (χ4v) is 4.53. The predicted octanol–water partition coefficient (Wildman–Crippen LogP) is 0.466. The third-order valence-electron chi connectivity index (χ3n) is 3.05. The van der Waals surface area contributed by atoms with Gasteiger partial charge in [0.1, 0.15) is 0 Å². The molecular formula is C14H18O8S2. The minimum absolute atomic E-state index is 0.327. The standard InChI is InChI=1S/C14H18O8S2/c15-13(16)5-7-23(19,20)9-11-1-2-12(4-3-11)10-24(21,22)8-6-14(17)18/h1-4H,5-10H2,(H,15,16)(H,17,18). The van der Waals surface area contributed by atoms with Crippen LogP contribution in [0.25, 0.3) is 0 Å². The van der Waals surface area contributed by atoms with Gasteiger partial charge in [-0.2, -0.15) is 0 Å². The molecule has 0 spiro atoms. The van der Waals surface area contributed by atoms with Gasteiger partial charge < -0.3 is 10.2 Å². The molecule has 2 N–H and O–H groups in total. The Balaban J connectivity index is 2.69. The number of benzene rings is 1. The van der Waals surface area contributed by atoms with Gasteiger partial charge in [0.05, 0.1) is 35.9 Å². The van der Waals surface area contributed by atoms with Gasteiger partial charge in [0, 0.05) is 0 Å². The summed E-state index contributed by atoms with van der Waals surface area (Å²) in [5.74, 6) is -3.97. The lowest BCUT2D eigenvalue weighted by atomic mass is 10.2. The topological polar surface area (TPSA) is 143 Å². The lowest BCUT2D eigenvalue weighted by Crippen LogP contribution is -2.14. The van der Waals surface area contributed by atoms with Gasteiger partial charge >= 0.3 is 11.9 Å². The van der Waals surface area contributed by atoms with Crippen LogP contribution in [0.2, 0.25) is 0 Å². The number of carbonyl (C=O) groups is 2. The summed E-state index contributed by atoms with van der Waals surface area (Å²) in [5, 5.41) is 17.0. The molecule has 1 aromatic rings. The third kappa shape index (κ3) is 8.06. The molecule has 8 nitrogen and oxygen atoms in total. The van der Waals surface area contributed by atoms with Crippen LogP contribution in [0.15, 0.2) is 24.3 Å². The molecule has 0 unspecified atom stereocenters. The molecule has 24 heavy (non-hydrogen) atoms. The smallest absolute Gasteiger partial charge is 0.304 e. The summed E-state index contributed by atoms with van der Waals surface area (Å²) in [6, 6.07) is 5.83. The van der Waals surface area contributed by atoms with Crippen molar-refractivity contribution >= 4 is 31.6 Å². The summed E-state index contributed by atoms with van der Waals surface area (Å²) >= 11 is 0. The van der Waals surface area contributed by atoms with Crippen LogP contribution in [0.1, 0.15) is 24.0 Å². The first-order valence-corrected chi connectivity index (χ1v) is 10.6. The molecule has 0 saturated carbocycles. The van der Waals surface area contributed by atoms with E-state index in [2.05, 4.69) is 0 Å². The average Bonchev–Trinajstić information content (AvgIpc) is 2.45. The monoisotopic (exact) mass is 378 g/mol. The molecule has 0 heterocycles. The first-order chi connectivity index (χ1) is 11.0. The van der Waals surface area contributed by atoms with Crippen LogP contribution < -0.4 is 0 Å². The zero-order valence-corrected chi connectivity index (χ0v) is 14.3. The van der Waals surface area contributed by atoms with Gasteiger partial charge in [-0.05, 0) is 11.1 Å². The Kier molecular flexibility index (Phi) is 6.91. The number of sulfone groups is 2. The third-order valence-corrected chi connectivity index (χ3v) is 6.25. The second-order valence-electron chi connectivity index (χ2n) is 5.29. The summed E-state index contributed by atoms with van der Waals surface area (Å²) in [5.41, 5.74) is 0.846. The van der Waals surface area contributed by atoms with E-state index in [-0.39, 0.29) is 11.5 Å². The summed E-state index contributed by atoms with van der Waals surface area (Å²) in [4.78, 5) is 20.8. The molecule has 0 saturated heterocycles. The minimum Gasteiger partial charge on any atom is -0.481 e. The maximum Gasteiger partial charge on any atom is 0.304 e. The zero-order chi connectivity index (χ0) is 18.4. The highest BCUT2D eigenvalue weighted by atomic mass is 32.2. The van der Waals surface area contributed by atoms with Gasteiger partial charge in [0.2, 0.25) is 0 Å². The van der Waals surface area contributed by atoms with Crippen LogP contribution in [0, 0.1) is 0 Å². The van der Waals surface area contributed by atoms with E-state index in [1.165, 1.54) is 24.3 Å². The second-order valence-corrected chi connectivity index (χ2v) is 9.66. The molecule has 0 radical (unpaired) electrons. The van der Waals surface area contributed by atoms with E-state index in [0.29, 0.717) is 11.1 Å². The first-order valence-electron chi connectivity index (χ1n) is 6.91. The van der Waals surface area contributed by atoms with E-state index in [9.17, 15) is 26.4 Å². The number of rotatable bonds is 10. The highest BCUT2D eigenvalue weighted by Crippen LogP contribution is 2.13. The Labute approximate surface area is 140 Å². The molecule has 0 amide bonds. The van der Waals surface area contributed by atoms with Gasteiger partial charge in [0.25, 0.3) is 0 Å². The number of carboxylic acids is 2. The first kappa shape index (κ1) is 20.1. The lowest BCUT2D eigenvalue weighted by molar-refractivity contribution is -0.137. The van der Waals surface area contributed by atoms with E-state index < -0.39 is 56.0 Å². The molecule has 10 heteroatoms. The van der Waals surface area contributed by atoms with Crippen LogP contribution in [0.3, 0.4) is 0 Å². The maximum absolute atomic E-state index is 11.8. The van der Waals surface area contributed by atoms with Crippen molar-refractivity contribution in [2.24, 2.45) is 0 Å². The fraction of sp³-hybridized carbons (Fsp3) is 0.429. The maximum atomic E-state index is 11.8. The quantitative estimate of drug-likeness (QED) is 0.598. The lowest BCUT2D eigenvalue weighted by Gasteiger charge is -2.06. The minimum atomic E-state index is -3.56. The Bertz CT molecular complexity index is 723. The van der Waals surface area contributed by atoms with E-state index in [0.717, 1.165) is 0 Å². The molecule has 0 fully saturated rings. The van der Waals surface area contributed by atoms with E-state index in [4.69, 9.17) is 10.2 Å². The molecule has 0 aliphatic rings. The Morgan fingerprint density at radius 1 is 0.708 bits per heavy atom. The number of carboxylic acid groups (broad SMARTS) is 2. The molecule has 134 valence electrons. The summed E-state index contributed by atoms with van der Waals surface area (Å²) in [7, 11) is -7.12. The summed E-state index contributed by atoms with van der Waals surface area (Å²) < 4.78 is 47.0. The predicted molar refractivity (Wildman–Crippen MR) is 85.9 cm³/mol. The van der Waals surface area contributed by atoms with Crippen LogP contribution in [-0.4, -0.2) is 50.5 Å². The summed E-state index contributed by atoms with van der Waals surface area (Å²) in [6.45, 7) is 0. The molecular weight excluding hydrogens is 360 g/mol. The zero-order valence-electron chi connectivity index (χ0n) is 12.7. The van der Waals surface area contributed by atoms with E-state index in [1.807, 2.05) is 0 Å². The van der Waals surface area contributed by atoms with Crippen molar-refractivity contribution in [1.82, 2.24) is 0 Å². The van der Waals surface area contributed by atoms with Gasteiger partial charge in [-0.25, -0.2) is 16.8 Å². The highest BCUT2D eigenvalue weighted by molar-refractivity contribution is 7.90. The van der Waals surface area contributed by atoms with Gasteiger partial charge in [-0.3, -0.25) is 9.59 Å². The van der Waals surface area contributed by atoms with Crippen molar-refractivity contribution < 1.29 is 36.6 Å². The largest absolute Gasteiger partial charge is 0.481 e. The van der Waals surface area contributed by atoms with Crippen molar-refractivity contribution in [3.63, 3.8) is 0 Å². The van der Waals surface area contributed by atoms with Crippen molar-refractivity contribution in [1.29, 1.82) is 0 Å². The Morgan fingerprint density at radius 2 is 1.00 bits per heavy atom. The molecule has 1 aromatic carbocycles. The van der Waals surface area contributed by atoms with Gasteiger partial charge in [-0.1, -0.05) is 24.3 Å². The van der Waals surface area contributed by atoms with Crippen LogP contribution >= 0.6 is 0 Å². The van der Waals surface area contributed by atoms with E-state index >= 15 is 0 Å². The van der Waals surface area contributed by atoms with Crippen molar-refractivity contribution in [3.05, 3.63) is 35.4 Å². The molecule has 0 atom stereocenters. The SMILES string of the molecule is O=C(O)CCS(=O)(=O)Cc1ccc(CS(=O)(=O)CCC(=O)O)cc1. The van der Waals surface area contributed by atoms with Crippen LogP contribution in [0.5, 0.6) is 0 Å². The molecule has 1 rings (SSSR count). The van der Waals surface area contributed by atoms with Crippen LogP contribution in [0.4, 0.5) is 0 Å². The Hall–Kier alpha value is -1.94. The molecule has 0 aliphatic heterocycles. The average molecular weight is 378 g/mol. The second kappa shape index (κ2) is 8.25. The number of aliphatic carboxylic acids is 2. The van der Waals surface area contributed by atoms with E-state index in [1.54, 1.807) is 0 Å².